The Morgan fingerprint density at radius 3 is 2.13 bits per heavy atom. The molecule has 1 aromatic rings. The molecule has 290 valence electrons. The zero-order valence-corrected chi connectivity index (χ0v) is 33.7. The topological polar surface area (TPSA) is 122 Å². The van der Waals surface area contributed by atoms with E-state index in [2.05, 4.69) is 71.2 Å². The number of rotatable bonds is 8. The number of hydrogen-bond acceptors (Lipinski definition) is 5. The molecule has 0 radical (unpaired) electrons. The van der Waals surface area contributed by atoms with E-state index in [1.54, 1.807) is 13.8 Å². The molecule has 0 saturated heterocycles. The van der Waals surface area contributed by atoms with Crippen molar-refractivity contribution in [2.45, 2.75) is 157 Å². The van der Waals surface area contributed by atoms with Gasteiger partial charge in [0.25, 0.3) is 0 Å². The van der Waals surface area contributed by atoms with Crippen LogP contribution in [0, 0.1) is 50.7 Å². The number of hydrogen-bond donors (Lipinski definition) is 3. The summed E-state index contributed by atoms with van der Waals surface area (Å²) in [4.78, 5) is 53.0. The van der Waals surface area contributed by atoms with E-state index in [0.717, 1.165) is 69.8 Å². The van der Waals surface area contributed by atoms with Gasteiger partial charge in [0, 0.05) is 17.8 Å². The van der Waals surface area contributed by atoms with Crippen molar-refractivity contribution in [3.8, 4) is 0 Å². The van der Waals surface area contributed by atoms with Gasteiger partial charge in [-0.1, -0.05) is 84.4 Å². The quantitative estimate of drug-likeness (QED) is 0.181. The SMILES string of the molecule is CC(C)C1C(=O)C[C@]2(NC(=O)NC3(c4ccccc4)CC3)CC[C@]3(C)C(=C12)CCC1[C@@]2(C)CC[C@H](OC(=O)CC(C)(C)C(=O)O)C(C)(C)C2CC[C@]13C. The number of ether oxygens (including phenoxy) is 1. The highest BCUT2D eigenvalue weighted by atomic mass is 16.5. The minimum atomic E-state index is -1.17. The van der Waals surface area contributed by atoms with Gasteiger partial charge in [0.15, 0.2) is 0 Å². The third-order valence-electron chi connectivity index (χ3n) is 16.5. The average Bonchev–Trinajstić information content (AvgIpc) is 3.78. The zero-order valence-electron chi connectivity index (χ0n) is 33.7. The van der Waals surface area contributed by atoms with E-state index in [0.29, 0.717) is 18.3 Å². The van der Waals surface area contributed by atoms with Gasteiger partial charge in [-0.3, -0.25) is 14.4 Å². The summed E-state index contributed by atoms with van der Waals surface area (Å²) in [6, 6.07) is 10.1. The fourth-order valence-corrected chi connectivity index (χ4v) is 13.3. The van der Waals surface area contributed by atoms with Crippen molar-refractivity contribution in [2.75, 3.05) is 0 Å². The number of fused-ring (bicyclic) bond motifs is 6. The van der Waals surface area contributed by atoms with Crippen LogP contribution in [0.4, 0.5) is 4.79 Å². The number of aliphatic carboxylic acids is 1. The van der Waals surface area contributed by atoms with Crippen LogP contribution in [0.1, 0.15) is 145 Å². The van der Waals surface area contributed by atoms with Crippen LogP contribution in [0.2, 0.25) is 0 Å². The molecular formula is C45H64N2O6. The number of amides is 2. The fourth-order valence-electron chi connectivity index (χ4n) is 13.3. The number of esters is 1. The Hall–Kier alpha value is -3.16. The van der Waals surface area contributed by atoms with Gasteiger partial charge in [-0.05, 0) is 123 Å². The van der Waals surface area contributed by atoms with Crippen molar-refractivity contribution in [3.05, 3.63) is 47.0 Å². The molecule has 2 amide bonds. The van der Waals surface area contributed by atoms with Crippen LogP contribution < -0.4 is 10.6 Å². The van der Waals surface area contributed by atoms with Crippen molar-refractivity contribution < 1.29 is 29.0 Å². The van der Waals surface area contributed by atoms with Crippen molar-refractivity contribution >= 4 is 23.8 Å². The molecule has 53 heavy (non-hydrogen) atoms. The summed E-state index contributed by atoms with van der Waals surface area (Å²) >= 11 is 0. The average molecular weight is 729 g/mol. The lowest BCUT2D eigenvalue weighted by Crippen LogP contribution is -2.65. The summed E-state index contributed by atoms with van der Waals surface area (Å²) in [5, 5.41) is 16.5. The van der Waals surface area contributed by atoms with Crippen LogP contribution in [0.25, 0.3) is 0 Å². The van der Waals surface area contributed by atoms with Crippen molar-refractivity contribution in [3.63, 3.8) is 0 Å². The van der Waals surface area contributed by atoms with Crippen LogP contribution >= 0.6 is 0 Å². The fraction of sp³-hybridized carbons (Fsp3) is 0.733. The predicted molar refractivity (Wildman–Crippen MR) is 205 cm³/mol. The number of nitrogens with one attached hydrogen (secondary N) is 2. The summed E-state index contributed by atoms with van der Waals surface area (Å²) in [5.74, 6) is -0.370. The number of carbonyl (C=O) groups is 4. The van der Waals surface area contributed by atoms with Crippen LogP contribution in [0.3, 0.4) is 0 Å². The second-order valence-corrected chi connectivity index (χ2v) is 20.5. The minimum Gasteiger partial charge on any atom is -0.481 e. The molecule has 0 heterocycles. The van der Waals surface area contributed by atoms with Crippen molar-refractivity contribution in [1.29, 1.82) is 0 Å². The van der Waals surface area contributed by atoms with E-state index < -0.39 is 22.9 Å². The van der Waals surface area contributed by atoms with Gasteiger partial charge in [0.1, 0.15) is 11.9 Å². The molecule has 5 saturated carbocycles. The Morgan fingerprint density at radius 2 is 1.51 bits per heavy atom. The first-order chi connectivity index (χ1) is 24.7. The highest BCUT2D eigenvalue weighted by Crippen LogP contribution is 2.75. The smallest absolute Gasteiger partial charge is 0.316 e. The predicted octanol–water partition coefficient (Wildman–Crippen LogP) is 9.12. The van der Waals surface area contributed by atoms with Crippen LogP contribution in [-0.2, 0) is 24.7 Å². The Bertz CT molecular complexity index is 1720. The van der Waals surface area contributed by atoms with Gasteiger partial charge in [0.05, 0.1) is 22.9 Å². The van der Waals surface area contributed by atoms with Gasteiger partial charge in [-0.25, -0.2) is 4.79 Å². The normalized spacial score (nSPS) is 38.2. The molecular weight excluding hydrogens is 665 g/mol. The van der Waals surface area contributed by atoms with E-state index in [4.69, 9.17) is 4.74 Å². The van der Waals surface area contributed by atoms with Crippen LogP contribution in [-0.4, -0.2) is 40.5 Å². The maximum absolute atomic E-state index is 14.1. The maximum atomic E-state index is 14.1. The van der Waals surface area contributed by atoms with Gasteiger partial charge in [0.2, 0.25) is 0 Å². The van der Waals surface area contributed by atoms with Gasteiger partial charge >= 0.3 is 18.0 Å². The van der Waals surface area contributed by atoms with Gasteiger partial charge in [-0.2, -0.15) is 0 Å². The molecule has 3 N–H and O–H groups in total. The number of carboxylic acid groups (broad SMARTS) is 1. The van der Waals surface area contributed by atoms with Gasteiger partial charge in [-0.15, -0.1) is 0 Å². The number of carbonyl (C=O) groups excluding carboxylic acids is 3. The van der Waals surface area contributed by atoms with Crippen molar-refractivity contribution in [1.82, 2.24) is 10.6 Å². The lowest BCUT2D eigenvalue weighted by atomic mass is 9.34. The number of allylic oxidation sites excluding steroid dienone is 1. The van der Waals surface area contributed by atoms with Gasteiger partial charge < -0.3 is 20.5 Å². The third kappa shape index (κ3) is 5.72. The van der Waals surface area contributed by atoms with E-state index in [9.17, 15) is 24.3 Å². The highest BCUT2D eigenvalue weighted by molar-refractivity contribution is 5.93. The molecule has 8 atom stereocenters. The van der Waals surface area contributed by atoms with Crippen LogP contribution in [0.5, 0.6) is 0 Å². The number of Topliss-reactive ketones (excluding diaryl/α,β-unsaturated/α-hetero) is 1. The molecule has 0 aromatic heterocycles. The summed E-state index contributed by atoms with van der Waals surface area (Å²) < 4.78 is 6.17. The molecule has 0 spiro atoms. The standard InChI is InChI=1S/C45H64N2O6/c1-27(2)35-30(48)25-45(47-38(52)46-44(23-24-44)28-13-11-10-12-14-28)22-21-42(8)29(36(35)45)15-16-32-41(7)19-18-33(53-34(49)26-39(3,4)37(50)51)40(5,6)31(41)17-20-43(32,42)9/h10-14,27,31-33,35H,15-26H2,1-9H3,(H,50,51)(H2,46,47,52)/t31?,32?,33-,35?,41-,42+,43+,45+/m0/s1. The third-order valence-corrected chi connectivity index (χ3v) is 16.5. The zero-order chi connectivity index (χ0) is 38.6. The Labute approximate surface area is 317 Å². The van der Waals surface area contributed by atoms with Crippen LogP contribution in [0.15, 0.2) is 41.5 Å². The first-order valence-electron chi connectivity index (χ1n) is 20.5. The van der Waals surface area contributed by atoms with E-state index >= 15 is 0 Å². The molecule has 8 nitrogen and oxygen atoms in total. The molecule has 0 aliphatic heterocycles. The molecule has 8 heteroatoms. The Morgan fingerprint density at radius 1 is 0.868 bits per heavy atom. The lowest BCUT2D eigenvalue weighted by molar-refractivity contribution is -0.214. The summed E-state index contributed by atoms with van der Waals surface area (Å²) in [6.07, 6.45) is 9.32. The first kappa shape index (κ1) is 38.1. The molecule has 3 unspecified atom stereocenters. The summed E-state index contributed by atoms with van der Waals surface area (Å²) in [7, 11) is 0. The van der Waals surface area contributed by atoms with E-state index in [1.807, 2.05) is 18.2 Å². The molecule has 6 aliphatic rings. The lowest BCUT2D eigenvalue weighted by Gasteiger charge is -2.70. The summed E-state index contributed by atoms with van der Waals surface area (Å²) in [5.41, 5.74) is 1.36. The monoisotopic (exact) mass is 728 g/mol. The molecule has 6 aliphatic carbocycles. The number of urea groups is 1. The minimum absolute atomic E-state index is 0.0108. The molecule has 0 bridgehead atoms. The number of ketones is 1. The van der Waals surface area contributed by atoms with Crippen molar-refractivity contribution in [2.24, 2.45) is 50.7 Å². The second-order valence-electron chi connectivity index (χ2n) is 20.5. The van der Waals surface area contributed by atoms with E-state index in [1.165, 1.54) is 11.1 Å². The maximum Gasteiger partial charge on any atom is 0.316 e. The van der Waals surface area contributed by atoms with E-state index in [-0.39, 0.29) is 63.4 Å². The largest absolute Gasteiger partial charge is 0.481 e. The molecule has 1 aromatic carbocycles. The summed E-state index contributed by atoms with van der Waals surface area (Å²) in [6.45, 7) is 19.6. The second kappa shape index (κ2) is 12.4. The molecule has 7 rings (SSSR count). The number of carboxylic acids is 1. The highest BCUT2D eigenvalue weighted by Gasteiger charge is 2.69. The number of benzene rings is 1. The first-order valence-corrected chi connectivity index (χ1v) is 20.5. The Kier molecular flexibility index (Phi) is 8.94. The molecule has 5 fully saturated rings. The Balaban J connectivity index is 1.18.